The molecule has 100 valence electrons. The predicted molar refractivity (Wildman–Crippen MR) is 72.6 cm³/mol. The number of fused-ring (bicyclic) bond motifs is 1. The lowest BCUT2D eigenvalue weighted by Gasteiger charge is -2.19. The number of nitrogens with zero attached hydrogens (tertiary/aromatic N) is 1. The molecule has 0 unspecified atom stereocenters. The lowest BCUT2D eigenvalue weighted by Crippen LogP contribution is -2.31. The Kier molecular flexibility index (Phi) is 3.23. The zero-order valence-electron chi connectivity index (χ0n) is 10.8. The number of rotatable bonds is 1. The van der Waals surface area contributed by atoms with E-state index in [1.165, 1.54) is 25.0 Å². The topological polar surface area (TPSA) is 36.1 Å². The first-order valence-corrected chi connectivity index (χ1v) is 6.81. The maximum Gasteiger partial charge on any atom is 0.256 e. The van der Waals surface area contributed by atoms with Crippen molar-refractivity contribution in [3.05, 3.63) is 35.8 Å². The van der Waals surface area contributed by atoms with Gasteiger partial charge in [0.15, 0.2) is 0 Å². The van der Waals surface area contributed by atoms with Crippen LogP contribution >= 0.6 is 0 Å². The fourth-order valence-electron chi connectivity index (χ4n) is 2.72. The molecule has 0 aliphatic carbocycles. The maximum absolute atomic E-state index is 13.1. The first-order valence-electron chi connectivity index (χ1n) is 6.81. The molecule has 2 aromatic rings. The molecule has 0 bridgehead atoms. The maximum atomic E-state index is 13.1. The predicted octanol–water partition coefficient (Wildman–Crippen LogP) is 3.32. The molecule has 19 heavy (non-hydrogen) atoms. The quantitative estimate of drug-likeness (QED) is 0.839. The van der Waals surface area contributed by atoms with Crippen LogP contribution in [0, 0.1) is 5.82 Å². The molecular weight excluding hydrogens is 243 g/mol. The summed E-state index contributed by atoms with van der Waals surface area (Å²) in [6.07, 6.45) is 6.23. The summed E-state index contributed by atoms with van der Waals surface area (Å²) in [6, 6.07) is 4.50. The highest BCUT2D eigenvalue weighted by atomic mass is 19.1. The first-order chi connectivity index (χ1) is 9.25. The summed E-state index contributed by atoms with van der Waals surface area (Å²) in [5, 5.41) is 0.802. The van der Waals surface area contributed by atoms with E-state index in [0.29, 0.717) is 11.1 Å². The number of benzene rings is 1. The Morgan fingerprint density at radius 1 is 1.16 bits per heavy atom. The summed E-state index contributed by atoms with van der Waals surface area (Å²) in [7, 11) is 0. The normalized spacial score (nSPS) is 16.6. The molecule has 1 N–H and O–H groups in total. The summed E-state index contributed by atoms with van der Waals surface area (Å²) < 4.78 is 13.1. The Labute approximate surface area is 111 Å². The Hall–Kier alpha value is -1.84. The van der Waals surface area contributed by atoms with E-state index < -0.39 is 0 Å². The molecule has 0 spiro atoms. The van der Waals surface area contributed by atoms with Crippen molar-refractivity contribution in [2.75, 3.05) is 13.1 Å². The summed E-state index contributed by atoms with van der Waals surface area (Å²) >= 11 is 0. The second-order valence-electron chi connectivity index (χ2n) is 5.10. The van der Waals surface area contributed by atoms with Crippen LogP contribution in [0.1, 0.15) is 36.0 Å². The SMILES string of the molecule is O=C(c1c[nH]c2cc(F)ccc12)N1CCCCCC1. The fourth-order valence-corrected chi connectivity index (χ4v) is 2.72. The van der Waals surface area contributed by atoms with Gasteiger partial charge in [0, 0.05) is 30.2 Å². The minimum absolute atomic E-state index is 0.0553. The van der Waals surface area contributed by atoms with Crippen molar-refractivity contribution >= 4 is 16.8 Å². The van der Waals surface area contributed by atoms with Gasteiger partial charge < -0.3 is 9.88 Å². The van der Waals surface area contributed by atoms with Gasteiger partial charge in [0.2, 0.25) is 0 Å². The number of carbonyl (C=O) groups excluding carboxylic acids is 1. The van der Waals surface area contributed by atoms with Gasteiger partial charge in [-0.15, -0.1) is 0 Å². The van der Waals surface area contributed by atoms with E-state index in [0.717, 1.165) is 31.3 Å². The highest BCUT2D eigenvalue weighted by Crippen LogP contribution is 2.22. The van der Waals surface area contributed by atoms with Crippen LogP contribution in [-0.4, -0.2) is 28.9 Å². The van der Waals surface area contributed by atoms with Crippen molar-refractivity contribution in [1.29, 1.82) is 0 Å². The molecule has 3 rings (SSSR count). The van der Waals surface area contributed by atoms with Gasteiger partial charge in [0.1, 0.15) is 5.82 Å². The largest absolute Gasteiger partial charge is 0.360 e. The Morgan fingerprint density at radius 3 is 2.63 bits per heavy atom. The van der Waals surface area contributed by atoms with E-state index in [1.54, 1.807) is 12.3 Å². The summed E-state index contributed by atoms with van der Waals surface area (Å²) in [5.74, 6) is -0.233. The van der Waals surface area contributed by atoms with E-state index in [1.807, 2.05) is 4.90 Å². The minimum Gasteiger partial charge on any atom is -0.360 e. The van der Waals surface area contributed by atoms with Crippen LogP contribution < -0.4 is 0 Å². The number of aromatic nitrogens is 1. The van der Waals surface area contributed by atoms with Crippen LogP contribution in [-0.2, 0) is 0 Å². The van der Waals surface area contributed by atoms with Gasteiger partial charge in [-0.3, -0.25) is 4.79 Å². The number of amides is 1. The molecule has 3 nitrogen and oxygen atoms in total. The lowest BCUT2D eigenvalue weighted by molar-refractivity contribution is 0.0763. The Morgan fingerprint density at radius 2 is 1.89 bits per heavy atom. The highest BCUT2D eigenvalue weighted by molar-refractivity contribution is 6.06. The zero-order chi connectivity index (χ0) is 13.2. The van der Waals surface area contributed by atoms with Crippen LogP contribution in [0.25, 0.3) is 10.9 Å². The van der Waals surface area contributed by atoms with E-state index in [4.69, 9.17) is 0 Å². The third-order valence-electron chi connectivity index (χ3n) is 3.77. The molecule has 1 aromatic heterocycles. The number of hydrogen-bond donors (Lipinski definition) is 1. The second kappa shape index (κ2) is 5.03. The Bertz CT molecular complexity index is 597. The summed E-state index contributed by atoms with van der Waals surface area (Å²) in [5.41, 5.74) is 1.33. The van der Waals surface area contributed by atoms with Gasteiger partial charge in [0.25, 0.3) is 5.91 Å². The molecule has 1 aliphatic rings. The van der Waals surface area contributed by atoms with Crippen LogP contribution in [0.5, 0.6) is 0 Å². The molecular formula is C15H17FN2O. The monoisotopic (exact) mass is 260 g/mol. The molecule has 1 saturated heterocycles. The van der Waals surface area contributed by atoms with Gasteiger partial charge in [-0.25, -0.2) is 4.39 Å². The molecule has 0 radical (unpaired) electrons. The fraction of sp³-hybridized carbons (Fsp3) is 0.400. The number of nitrogens with one attached hydrogen (secondary N) is 1. The molecule has 1 aromatic carbocycles. The van der Waals surface area contributed by atoms with Gasteiger partial charge >= 0.3 is 0 Å². The molecule has 4 heteroatoms. The molecule has 0 saturated carbocycles. The molecule has 0 atom stereocenters. The van der Waals surface area contributed by atoms with Crippen molar-refractivity contribution in [3.63, 3.8) is 0 Å². The number of carbonyl (C=O) groups is 1. The number of hydrogen-bond acceptors (Lipinski definition) is 1. The van der Waals surface area contributed by atoms with Crippen LogP contribution in [0.2, 0.25) is 0 Å². The van der Waals surface area contributed by atoms with E-state index in [2.05, 4.69) is 4.98 Å². The van der Waals surface area contributed by atoms with Crippen molar-refractivity contribution in [2.45, 2.75) is 25.7 Å². The average Bonchev–Trinajstić information content (AvgIpc) is 2.64. The van der Waals surface area contributed by atoms with Crippen LogP contribution in [0.4, 0.5) is 4.39 Å². The van der Waals surface area contributed by atoms with Gasteiger partial charge in [-0.05, 0) is 31.0 Å². The Balaban J connectivity index is 1.92. The van der Waals surface area contributed by atoms with Gasteiger partial charge in [-0.1, -0.05) is 12.8 Å². The number of aromatic amines is 1. The van der Waals surface area contributed by atoms with E-state index in [9.17, 15) is 9.18 Å². The third kappa shape index (κ3) is 2.35. The van der Waals surface area contributed by atoms with Crippen molar-refractivity contribution in [2.24, 2.45) is 0 Å². The van der Waals surface area contributed by atoms with E-state index in [-0.39, 0.29) is 11.7 Å². The van der Waals surface area contributed by atoms with Crippen molar-refractivity contribution < 1.29 is 9.18 Å². The van der Waals surface area contributed by atoms with Crippen molar-refractivity contribution in [3.8, 4) is 0 Å². The average molecular weight is 260 g/mol. The molecule has 2 heterocycles. The number of likely N-dealkylation sites (tertiary alicyclic amines) is 1. The first kappa shape index (κ1) is 12.2. The zero-order valence-corrected chi connectivity index (χ0v) is 10.8. The van der Waals surface area contributed by atoms with Gasteiger partial charge in [0.05, 0.1) is 5.56 Å². The smallest absolute Gasteiger partial charge is 0.256 e. The molecule has 1 amide bonds. The minimum atomic E-state index is -0.289. The van der Waals surface area contributed by atoms with Crippen LogP contribution in [0.3, 0.4) is 0 Å². The van der Waals surface area contributed by atoms with Crippen LogP contribution in [0.15, 0.2) is 24.4 Å². The third-order valence-corrected chi connectivity index (χ3v) is 3.77. The lowest BCUT2D eigenvalue weighted by atomic mass is 10.1. The number of halogens is 1. The van der Waals surface area contributed by atoms with E-state index >= 15 is 0 Å². The summed E-state index contributed by atoms with van der Waals surface area (Å²) in [4.78, 5) is 17.4. The highest BCUT2D eigenvalue weighted by Gasteiger charge is 2.20. The molecule has 1 aliphatic heterocycles. The second-order valence-corrected chi connectivity index (χ2v) is 5.10. The van der Waals surface area contributed by atoms with Crippen molar-refractivity contribution in [1.82, 2.24) is 9.88 Å². The number of H-pyrrole nitrogens is 1. The van der Waals surface area contributed by atoms with Gasteiger partial charge in [-0.2, -0.15) is 0 Å². The summed E-state index contributed by atoms with van der Waals surface area (Å²) in [6.45, 7) is 1.65. The standard InChI is InChI=1S/C15H17FN2O/c16-11-5-6-12-13(10-17-14(12)9-11)15(19)18-7-3-1-2-4-8-18/h5-6,9-10,17H,1-4,7-8H2. The molecule has 1 fully saturated rings.